The van der Waals surface area contributed by atoms with Crippen LogP contribution < -0.4 is 5.32 Å². The summed E-state index contributed by atoms with van der Waals surface area (Å²) >= 11 is 0. The van der Waals surface area contributed by atoms with Crippen molar-refractivity contribution < 1.29 is 19.4 Å². The third-order valence-electron chi connectivity index (χ3n) is 2.01. The maximum Gasteiger partial charge on any atom is 0.405 e. The van der Waals surface area contributed by atoms with Crippen LogP contribution >= 0.6 is 0 Å². The number of aliphatic hydroxyl groups is 1. The van der Waals surface area contributed by atoms with Gasteiger partial charge in [0, 0.05) is 5.56 Å². The molecule has 0 aliphatic heterocycles. The van der Waals surface area contributed by atoms with Gasteiger partial charge in [0.15, 0.2) is 0 Å². The van der Waals surface area contributed by atoms with E-state index in [0.29, 0.717) is 0 Å². The van der Waals surface area contributed by atoms with E-state index >= 15 is 0 Å². The molecule has 1 aromatic rings. The molecule has 0 spiro atoms. The first-order valence-electron chi connectivity index (χ1n) is 4.41. The average Bonchev–Trinajstić information content (AvgIpc) is 2.18. The van der Waals surface area contributed by atoms with Gasteiger partial charge in [0.2, 0.25) is 0 Å². The molecule has 0 fully saturated rings. The molecule has 1 rings (SSSR count). The number of hydrogen-bond donors (Lipinski definition) is 3. The average molecular weight is 213 g/mol. The Labute approximate surface area is 86.4 Å². The number of benzene rings is 1. The van der Waals surface area contributed by atoms with Crippen molar-refractivity contribution in [3.05, 3.63) is 35.1 Å². The highest BCUT2D eigenvalue weighted by atomic mass is 19.1. The highest BCUT2D eigenvalue weighted by Gasteiger charge is 2.16. The molecule has 4 nitrogen and oxygen atoms in total. The number of rotatable bonds is 3. The summed E-state index contributed by atoms with van der Waals surface area (Å²) in [4.78, 5) is 10.4. The summed E-state index contributed by atoms with van der Waals surface area (Å²) in [5.74, 6) is -0.534. The summed E-state index contributed by atoms with van der Waals surface area (Å²) in [6, 6.07) is 3.40. The van der Waals surface area contributed by atoms with Crippen molar-refractivity contribution in [1.82, 2.24) is 5.32 Å². The molecule has 0 heterocycles. The summed E-state index contributed by atoms with van der Waals surface area (Å²) < 4.78 is 13.3. The lowest BCUT2D eigenvalue weighted by Gasteiger charge is -2.15. The lowest BCUT2D eigenvalue weighted by molar-refractivity contribution is 0.177. The molecule has 0 aliphatic carbocycles. The van der Waals surface area contributed by atoms with Gasteiger partial charge in [0.05, 0.1) is 12.6 Å². The minimum atomic E-state index is -1.30. The van der Waals surface area contributed by atoms with E-state index in [1.165, 1.54) is 12.1 Å². The van der Waals surface area contributed by atoms with Crippen LogP contribution in [0.2, 0.25) is 0 Å². The number of aryl methyl sites for hydroxylation is 1. The Morgan fingerprint density at radius 1 is 1.60 bits per heavy atom. The van der Waals surface area contributed by atoms with Crippen molar-refractivity contribution in [3.8, 4) is 0 Å². The molecule has 1 amide bonds. The Bertz CT molecular complexity index is 368. The van der Waals surface area contributed by atoms with E-state index in [9.17, 15) is 9.18 Å². The molecule has 3 N–H and O–H groups in total. The monoisotopic (exact) mass is 213 g/mol. The largest absolute Gasteiger partial charge is 0.465 e. The first-order valence-corrected chi connectivity index (χ1v) is 4.41. The molecular weight excluding hydrogens is 201 g/mol. The van der Waals surface area contributed by atoms with Gasteiger partial charge >= 0.3 is 6.09 Å². The van der Waals surface area contributed by atoms with Crippen LogP contribution in [-0.4, -0.2) is 22.9 Å². The molecule has 15 heavy (non-hydrogen) atoms. The SMILES string of the molecule is Cc1ccc(F)c([C@H](CO)NC(=O)O)c1. The van der Waals surface area contributed by atoms with Gasteiger partial charge in [0.1, 0.15) is 5.82 Å². The summed E-state index contributed by atoms with van der Waals surface area (Å²) in [5, 5.41) is 19.5. The van der Waals surface area contributed by atoms with E-state index in [0.717, 1.165) is 5.56 Å². The van der Waals surface area contributed by atoms with Gasteiger partial charge in [-0.25, -0.2) is 9.18 Å². The number of carboxylic acid groups (broad SMARTS) is 1. The van der Waals surface area contributed by atoms with Crippen LogP contribution in [0, 0.1) is 12.7 Å². The molecular formula is C10H12FNO3. The van der Waals surface area contributed by atoms with Crippen molar-refractivity contribution in [2.24, 2.45) is 0 Å². The fraction of sp³-hybridized carbons (Fsp3) is 0.300. The Morgan fingerprint density at radius 3 is 2.80 bits per heavy atom. The molecule has 1 aromatic carbocycles. The van der Waals surface area contributed by atoms with Crippen LogP contribution in [0.4, 0.5) is 9.18 Å². The van der Waals surface area contributed by atoms with E-state index in [2.05, 4.69) is 0 Å². The standard InChI is InChI=1S/C10H12FNO3/c1-6-2-3-8(11)7(4-6)9(5-13)12-10(14)15/h2-4,9,12-13H,5H2,1H3,(H,14,15)/t9-/m0/s1. The van der Waals surface area contributed by atoms with E-state index in [1.807, 2.05) is 5.32 Å². The number of nitrogens with one attached hydrogen (secondary N) is 1. The summed E-state index contributed by atoms with van der Waals surface area (Å²) in [6.45, 7) is 1.28. The summed E-state index contributed by atoms with van der Waals surface area (Å²) in [7, 11) is 0. The Morgan fingerprint density at radius 2 is 2.27 bits per heavy atom. The van der Waals surface area contributed by atoms with Crippen LogP contribution in [0.5, 0.6) is 0 Å². The first kappa shape index (κ1) is 11.5. The zero-order valence-electron chi connectivity index (χ0n) is 8.20. The van der Waals surface area contributed by atoms with Gasteiger partial charge in [-0.05, 0) is 13.0 Å². The van der Waals surface area contributed by atoms with E-state index in [4.69, 9.17) is 10.2 Å². The Balaban J connectivity index is 3.00. The molecule has 0 bridgehead atoms. The van der Waals surface area contributed by atoms with E-state index in [1.54, 1.807) is 13.0 Å². The Kier molecular flexibility index (Phi) is 3.62. The third-order valence-corrected chi connectivity index (χ3v) is 2.01. The quantitative estimate of drug-likeness (QED) is 0.711. The molecule has 0 radical (unpaired) electrons. The number of carbonyl (C=O) groups is 1. The lowest BCUT2D eigenvalue weighted by Crippen LogP contribution is -2.29. The van der Waals surface area contributed by atoms with Crippen molar-refractivity contribution >= 4 is 6.09 Å². The zero-order valence-corrected chi connectivity index (χ0v) is 8.20. The van der Waals surface area contributed by atoms with Crippen LogP contribution in [0.3, 0.4) is 0 Å². The topological polar surface area (TPSA) is 69.6 Å². The number of amides is 1. The van der Waals surface area contributed by atoms with Gasteiger partial charge < -0.3 is 15.5 Å². The maximum absolute atomic E-state index is 13.3. The third kappa shape index (κ3) is 2.92. The fourth-order valence-corrected chi connectivity index (χ4v) is 1.30. The zero-order chi connectivity index (χ0) is 11.4. The van der Waals surface area contributed by atoms with Gasteiger partial charge in [0.25, 0.3) is 0 Å². The molecule has 1 atom stereocenters. The second kappa shape index (κ2) is 4.75. The second-order valence-electron chi connectivity index (χ2n) is 3.21. The van der Waals surface area contributed by atoms with Gasteiger partial charge in [-0.3, -0.25) is 0 Å². The van der Waals surface area contributed by atoms with Crippen molar-refractivity contribution in [2.45, 2.75) is 13.0 Å². The molecule has 0 saturated carbocycles. The van der Waals surface area contributed by atoms with E-state index in [-0.39, 0.29) is 5.56 Å². The molecule has 5 heteroatoms. The fourth-order valence-electron chi connectivity index (χ4n) is 1.30. The van der Waals surface area contributed by atoms with Gasteiger partial charge in [-0.15, -0.1) is 0 Å². The predicted octanol–water partition coefficient (Wildman–Crippen LogP) is 1.44. The number of hydrogen-bond acceptors (Lipinski definition) is 2. The second-order valence-corrected chi connectivity index (χ2v) is 3.21. The van der Waals surface area contributed by atoms with Gasteiger partial charge in [-0.1, -0.05) is 17.7 Å². The Hall–Kier alpha value is -1.62. The van der Waals surface area contributed by atoms with Crippen molar-refractivity contribution in [2.75, 3.05) is 6.61 Å². The molecule has 0 aromatic heterocycles. The highest BCUT2D eigenvalue weighted by molar-refractivity contribution is 5.65. The smallest absolute Gasteiger partial charge is 0.405 e. The number of halogens is 1. The lowest BCUT2D eigenvalue weighted by atomic mass is 10.0. The summed E-state index contributed by atoms with van der Waals surface area (Å²) in [6.07, 6.45) is -1.30. The van der Waals surface area contributed by atoms with Crippen LogP contribution in [0.15, 0.2) is 18.2 Å². The van der Waals surface area contributed by atoms with Crippen LogP contribution in [0.1, 0.15) is 17.2 Å². The summed E-state index contributed by atoms with van der Waals surface area (Å²) in [5.41, 5.74) is 0.955. The van der Waals surface area contributed by atoms with Crippen LogP contribution in [-0.2, 0) is 0 Å². The molecule has 82 valence electrons. The van der Waals surface area contributed by atoms with Crippen molar-refractivity contribution in [3.63, 3.8) is 0 Å². The first-order chi connectivity index (χ1) is 7.04. The number of aliphatic hydroxyl groups excluding tert-OH is 1. The van der Waals surface area contributed by atoms with Gasteiger partial charge in [-0.2, -0.15) is 0 Å². The van der Waals surface area contributed by atoms with E-state index < -0.39 is 24.6 Å². The minimum Gasteiger partial charge on any atom is -0.465 e. The normalized spacial score (nSPS) is 12.2. The predicted molar refractivity (Wildman–Crippen MR) is 52.1 cm³/mol. The minimum absolute atomic E-state index is 0.153. The van der Waals surface area contributed by atoms with Crippen LogP contribution in [0.25, 0.3) is 0 Å². The molecule has 0 unspecified atom stereocenters. The van der Waals surface area contributed by atoms with Crippen molar-refractivity contribution in [1.29, 1.82) is 0 Å². The highest BCUT2D eigenvalue weighted by Crippen LogP contribution is 2.18. The molecule has 0 saturated heterocycles. The molecule has 0 aliphatic rings. The maximum atomic E-state index is 13.3.